The van der Waals surface area contributed by atoms with Crippen LogP contribution in [-0.4, -0.2) is 43.8 Å². The van der Waals surface area contributed by atoms with Crippen LogP contribution < -0.4 is 5.73 Å². The molecule has 0 amide bonds. The Labute approximate surface area is 146 Å². The lowest BCUT2D eigenvalue weighted by Crippen LogP contribution is -2.48. The van der Waals surface area contributed by atoms with Crippen molar-refractivity contribution < 1.29 is 4.74 Å². The summed E-state index contributed by atoms with van der Waals surface area (Å²) in [5.41, 5.74) is 7.81. The molecule has 0 radical (unpaired) electrons. The number of hydrogen-bond acceptors (Lipinski definition) is 3. The van der Waals surface area contributed by atoms with Crippen molar-refractivity contribution in [2.24, 2.45) is 5.73 Å². The van der Waals surface area contributed by atoms with Crippen LogP contribution in [0.1, 0.15) is 31.2 Å². The zero-order valence-corrected chi connectivity index (χ0v) is 14.7. The van der Waals surface area contributed by atoms with E-state index in [0.29, 0.717) is 0 Å². The van der Waals surface area contributed by atoms with Gasteiger partial charge in [-0.25, -0.2) is 0 Å². The lowest BCUT2D eigenvalue weighted by atomic mass is 9.68. The minimum atomic E-state index is 0. The zero-order chi connectivity index (χ0) is 13.8. The smallest absolute Gasteiger partial charge is 0.0594 e. The predicted molar refractivity (Wildman–Crippen MR) is 96.3 cm³/mol. The molecule has 1 aliphatic heterocycles. The fourth-order valence-corrected chi connectivity index (χ4v) is 3.87. The fraction of sp³-hybridized carbons (Fsp3) is 0.647. The zero-order valence-electron chi connectivity index (χ0n) is 13.1. The molecule has 3 nitrogen and oxygen atoms in total. The van der Waals surface area contributed by atoms with Gasteiger partial charge in [-0.3, -0.25) is 4.90 Å². The van der Waals surface area contributed by atoms with Gasteiger partial charge in [-0.15, -0.1) is 24.8 Å². The number of ether oxygens (including phenoxy) is 1. The monoisotopic (exact) mass is 346 g/mol. The van der Waals surface area contributed by atoms with Crippen molar-refractivity contribution in [3.05, 3.63) is 35.9 Å². The average Bonchev–Trinajstić information content (AvgIpc) is 2.56. The molecule has 1 aromatic rings. The number of halogens is 2. The van der Waals surface area contributed by atoms with Crippen molar-refractivity contribution in [2.45, 2.75) is 37.1 Å². The van der Waals surface area contributed by atoms with E-state index < -0.39 is 0 Å². The van der Waals surface area contributed by atoms with Crippen LogP contribution >= 0.6 is 24.8 Å². The summed E-state index contributed by atoms with van der Waals surface area (Å²) in [6.45, 7) is 4.78. The summed E-state index contributed by atoms with van der Waals surface area (Å²) < 4.78 is 5.46. The van der Waals surface area contributed by atoms with Crippen LogP contribution in [-0.2, 0) is 10.2 Å². The van der Waals surface area contributed by atoms with E-state index in [1.54, 1.807) is 0 Å². The Morgan fingerprint density at radius 1 is 1.05 bits per heavy atom. The van der Waals surface area contributed by atoms with Crippen molar-refractivity contribution in [3.8, 4) is 0 Å². The van der Waals surface area contributed by atoms with Gasteiger partial charge in [0.15, 0.2) is 0 Å². The third-order valence-electron chi connectivity index (χ3n) is 5.25. The molecule has 0 bridgehead atoms. The molecule has 1 saturated carbocycles. The Kier molecular flexibility index (Phi) is 8.15. The Balaban J connectivity index is 0.00000121. The summed E-state index contributed by atoms with van der Waals surface area (Å²) in [6.07, 6.45) is 4.98. The third kappa shape index (κ3) is 4.15. The molecule has 0 atom stereocenters. The minimum Gasteiger partial charge on any atom is -0.379 e. The summed E-state index contributed by atoms with van der Waals surface area (Å²) in [4.78, 5) is 2.62. The molecular weight excluding hydrogens is 319 g/mol. The molecule has 2 fully saturated rings. The molecule has 22 heavy (non-hydrogen) atoms. The molecule has 1 aliphatic carbocycles. The van der Waals surface area contributed by atoms with Gasteiger partial charge in [0.05, 0.1) is 13.2 Å². The number of benzene rings is 1. The van der Waals surface area contributed by atoms with Crippen LogP contribution in [0.25, 0.3) is 0 Å². The Bertz CT molecular complexity index is 416. The van der Waals surface area contributed by atoms with Crippen molar-refractivity contribution >= 4 is 24.8 Å². The lowest BCUT2D eigenvalue weighted by molar-refractivity contribution is 0.00307. The Hall–Kier alpha value is -0.320. The van der Waals surface area contributed by atoms with Crippen molar-refractivity contribution in [2.75, 3.05) is 32.8 Å². The van der Waals surface area contributed by atoms with Gasteiger partial charge in [0.1, 0.15) is 0 Å². The average molecular weight is 347 g/mol. The maximum absolute atomic E-state index is 6.16. The molecule has 5 heteroatoms. The first kappa shape index (κ1) is 19.7. The highest BCUT2D eigenvalue weighted by Crippen LogP contribution is 2.40. The number of hydrogen-bond donors (Lipinski definition) is 1. The minimum absolute atomic E-state index is 0. The summed E-state index contributed by atoms with van der Waals surface area (Å²) in [6, 6.07) is 11.6. The fourth-order valence-electron chi connectivity index (χ4n) is 3.87. The van der Waals surface area contributed by atoms with Crippen LogP contribution in [0.15, 0.2) is 30.3 Å². The van der Waals surface area contributed by atoms with Gasteiger partial charge in [0.25, 0.3) is 0 Å². The maximum Gasteiger partial charge on any atom is 0.0594 e. The van der Waals surface area contributed by atoms with E-state index in [4.69, 9.17) is 10.5 Å². The molecule has 3 rings (SSSR count). The molecular formula is C17H28Cl2N2O. The number of nitrogens with zero attached hydrogens (tertiary/aromatic N) is 1. The van der Waals surface area contributed by atoms with Gasteiger partial charge in [-0.2, -0.15) is 0 Å². The van der Waals surface area contributed by atoms with Gasteiger partial charge in [-0.1, -0.05) is 30.3 Å². The van der Waals surface area contributed by atoms with Crippen molar-refractivity contribution in [1.82, 2.24) is 4.90 Å². The number of rotatable bonds is 3. The van der Waals surface area contributed by atoms with Crippen LogP contribution in [0.4, 0.5) is 0 Å². The molecule has 0 spiro atoms. The van der Waals surface area contributed by atoms with E-state index in [1.165, 1.54) is 31.2 Å². The lowest BCUT2D eigenvalue weighted by Gasteiger charge is -2.44. The highest BCUT2D eigenvalue weighted by Gasteiger charge is 2.37. The normalized spacial score (nSPS) is 29.2. The summed E-state index contributed by atoms with van der Waals surface area (Å²) in [5, 5.41) is 0. The second-order valence-corrected chi connectivity index (χ2v) is 6.23. The van der Waals surface area contributed by atoms with Gasteiger partial charge in [0.2, 0.25) is 0 Å². The van der Waals surface area contributed by atoms with Crippen molar-refractivity contribution in [3.63, 3.8) is 0 Å². The van der Waals surface area contributed by atoms with Crippen LogP contribution in [0, 0.1) is 0 Å². The van der Waals surface area contributed by atoms with E-state index in [0.717, 1.165) is 38.9 Å². The Morgan fingerprint density at radius 3 is 2.18 bits per heavy atom. The van der Waals surface area contributed by atoms with E-state index >= 15 is 0 Å². The quantitative estimate of drug-likeness (QED) is 0.914. The molecule has 1 aromatic carbocycles. The van der Waals surface area contributed by atoms with Gasteiger partial charge in [0, 0.05) is 31.1 Å². The summed E-state index contributed by atoms with van der Waals surface area (Å²) in [5.74, 6) is 0. The number of morpholine rings is 1. The van der Waals surface area contributed by atoms with E-state index in [9.17, 15) is 0 Å². The third-order valence-corrected chi connectivity index (χ3v) is 5.25. The topological polar surface area (TPSA) is 38.5 Å². The van der Waals surface area contributed by atoms with Crippen LogP contribution in [0.3, 0.4) is 0 Å². The van der Waals surface area contributed by atoms with Gasteiger partial charge in [-0.05, 0) is 31.2 Å². The molecule has 126 valence electrons. The van der Waals surface area contributed by atoms with E-state index in [1.807, 2.05) is 0 Å². The highest BCUT2D eigenvalue weighted by atomic mass is 35.5. The first-order valence-electron chi connectivity index (χ1n) is 7.91. The van der Waals surface area contributed by atoms with Gasteiger partial charge >= 0.3 is 0 Å². The summed E-state index contributed by atoms with van der Waals surface area (Å²) in [7, 11) is 0. The SMILES string of the molecule is Cl.Cl.NCC1(c2ccccc2)CCC(N2CCOCC2)CC1. The second kappa shape index (κ2) is 9.09. The molecule has 0 aromatic heterocycles. The molecule has 1 saturated heterocycles. The molecule has 2 aliphatic rings. The maximum atomic E-state index is 6.16. The molecule has 1 heterocycles. The standard InChI is InChI=1S/C17H26N2O.2ClH/c18-14-17(15-4-2-1-3-5-15)8-6-16(7-9-17)19-10-12-20-13-11-19;;/h1-5,16H,6-14,18H2;2*1H. The van der Waals surface area contributed by atoms with Gasteiger partial charge < -0.3 is 10.5 Å². The number of nitrogens with two attached hydrogens (primary N) is 1. The summed E-state index contributed by atoms with van der Waals surface area (Å²) >= 11 is 0. The van der Waals surface area contributed by atoms with E-state index in [2.05, 4.69) is 35.2 Å². The van der Waals surface area contributed by atoms with Crippen LogP contribution in [0.5, 0.6) is 0 Å². The highest BCUT2D eigenvalue weighted by molar-refractivity contribution is 5.85. The first-order valence-corrected chi connectivity index (χ1v) is 7.91. The van der Waals surface area contributed by atoms with E-state index in [-0.39, 0.29) is 30.2 Å². The molecule has 0 unspecified atom stereocenters. The van der Waals surface area contributed by atoms with Crippen molar-refractivity contribution in [1.29, 1.82) is 0 Å². The molecule has 2 N–H and O–H groups in total. The second-order valence-electron chi connectivity index (χ2n) is 6.23. The van der Waals surface area contributed by atoms with Crippen LogP contribution in [0.2, 0.25) is 0 Å². The predicted octanol–water partition coefficient (Wildman–Crippen LogP) is 3.00. The Morgan fingerprint density at radius 2 is 1.64 bits per heavy atom. The largest absolute Gasteiger partial charge is 0.379 e. The first-order chi connectivity index (χ1) is 9.84.